The predicted octanol–water partition coefficient (Wildman–Crippen LogP) is 4.34. The third-order valence-electron chi connectivity index (χ3n) is 5.80. The molecule has 0 radical (unpaired) electrons. The van der Waals surface area contributed by atoms with Crippen molar-refractivity contribution in [2.45, 2.75) is 19.4 Å². The van der Waals surface area contributed by atoms with Crippen LogP contribution in [0.4, 0.5) is 5.82 Å². The van der Waals surface area contributed by atoms with E-state index in [0.717, 1.165) is 33.4 Å². The van der Waals surface area contributed by atoms with Crippen molar-refractivity contribution in [1.82, 2.24) is 19.2 Å². The van der Waals surface area contributed by atoms with E-state index in [0.29, 0.717) is 31.2 Å². The maximum Gasteiger partial charge on any atom is 0.211 e. The van der Waals surface area contributed by atoms with Crippen LogP contribution in [-0.4, -0.2) is 80.3 Å². The van der Waals surface area contributed by atoms with Crippen molar-refractivity contribution in [3.63, 3.8) is 0 Å². The second kappa shape index (κ2) is 12.1. The first-order valence-corrected chi connectivity index (χ1v) is 13.9. The van der Waals surface area contributed by atoms with E-state index in [2.05, 4.69) is 23.5 Å². The van der Waals surface area contributed by atoms with Gasteiger partial charge in [0.25, 0.3) is 0 Å². The Bertz CT molecular complexity index is 1360. The van der Waals surface area contributed by atoms with Crippen LogP contribution in [0, 0.1) is 0 Å². The second-order valence-electron chi connectivity index (χ2n) is 9.37. The van der Waals surface area contributed by atoms with Gasteiger partial charge in [-0.1, -0.05) is 49.1 Å². The fraction of sp³-hybridized carbons (Fsp3) is 0.321. The summed E-state index contributed by atoms with van der Waals surface area (Å²) in [5.41, 5.74) is 5.30. The van der Waals surface area contributed by atoms with E-state index >= 15 is 0 Å². The van der Waals surface area contributed by atoms with E-state index in [1.807, 2.05) is 68.5 Å². The highest BCUT2D eigenvalue weighted by Crippen LogP contribution is 2.29. The van der Waals surface area contributed by atoms with Crippen molar-refractivity contribution in [3.8, 4) is 11.4 Å². The van der Waals surface area contributed by atoms with E-state index in [1.165, 1.54) is 10.6 Å². The molecule has 1 aromatic heterocycles. The summed E-state index contributed by atoms with van der Waals surface area (Å²) in [6, 6.07) is 7.92. The standard InChI is InChI=1S/C28H36N6O2S/c1-8-21(18-33(5)6)22-10-9-11-23(15-22)27-30-17-26(24(16-29-4)14-20(2)3)28(32-27)31-25-12-13-34(19-25)37(7,35)36/h8-11,14-18,25H,1-2,12-13,19H2,3-7H3,(H,30,31,32)/b21-18+,24-14+,29-16-/t25-/m0/s1. The maximum absolute atomic E-state index is 12.1. The lowest BCUT2D eigenvalue weighted by Gasteiger charge is -2.18. The van der Waals surface area contributed by atoms with Gasteiger partial charge in [-0.05, 0) is 30.5 Å². The van der Waals surface area contributed by atoms with Crippen LogP contribution in [0.1, 0.15) is 24.5 Å². The number of hydrogen-bond acceptors (Lipinski definition) is 7. The average Bonchev–Trinajstić information content (AvgIpc) is 3.31. The number of nitrogens with one attached hydrogen (secondary N) is 1. The number of aliphatic imine (C=N–C) groups is 1. The zero-order valence-electron chi connectivity index (χ0n) is 22.3. The van der Waals surface area contributed by atoms with Crippen LogP contribution in [0.5, 0.6) is 0 Å². The number of anilines is 1. The Kier molecular flexibility index (Phi) is 9.18. The summed E-state index contributed by atoms with van der Waals surface area (Å²) in [4.78, 5) is 15.8. The first kappa shape index (κ1) is 28.0. The van der Waals surface area contributed by atoms with Crippen molar-refractivity contribution in [1.29, 1.82) is 0 Å². The highest BCUT2D eigenvalue weighted by atomic mass is 32.2. The molecule has 2 heterocycles. The Morgan fingerprint density at radius 2 is 2.05 bits per heavy atom. The number of rotatable bonds is 10. The fourth-order valence-electron chi connectivity index (χ4n) is 4.13. The Morgan fingerprint density at radius 1 is 1.30 bits per heavy atom. The molecular weight excluding hydrogens is 484 g/mol. The second-order valence-corrected chi connectivity index (χ2v) is 11.4. The summed E-state index contributed by atoms with van der Waals surface area (Å²) < 4.78 is 25.6. The quantitative estimate of drug-likeness (QED) is 0.370. The molecule has 37 heavy (non-hydrogen) atoms. The van der Waals surface area contributed by atoms with Gasteiger partial charge in [-0.2, -0.15) is 0 Å². The third kappa shape index (κ3) is 7.47. The Morgan fingerprint density at radius 3 is 2.65 bits per heavy atom. The van der Waals surface area contributed by atoms with Crippen molar-refractivity contribution >= 4 is 33.2 Å². The summed E-state index contributed by atoms with van der Waals surface area (Å²) in [5.74, 6) is 1.18. The number of sulfonamides is 1. The van der Waals surface area contributed by atoms with Gasteiger partial charge in [0.1, 0.15) is 5.82 Å². The predicted molar refractivity (Wildman–Crippen MR) is 155 cm³/mol. The van der Waals surface area contributed by atoms with Gasteiger partial charge in [-0.15, -0.1) is 0 Å². The molecule has 3 rings (SSSR count). The molecule has 0 amide bonds. The van der Waals surface area contributed by atoms with Crippen LogP contribution >= 0.6 is 0 Å². The highest BCUT2D eigenvalue weighted by molar-refractivity contribution is 7.88. The molecule has 1 fully saturated rings. The van der Waals surface area contributed by atoms with Gasteiger partial charge >= 0.3 is 0 Å². The molecule has 1 aromatic carbocycles. The molecule has 1 aliphatic heterocycles. The van der Waals surface area contributed by atoms with E-state index in [4.69, 9.17) is 9.97 Å². The molecule has 9 heteroatoms. The monoisotopic (exact) mass is 520 g/mol. The molecule has 1 N–H and O–H groups in total. The molecule has 0 unspecified atom stereocenters. The smallest absolute Gasteiger partial charge is 0.211 e. The van der Waals surface area contributed by atoms with Crippen LogP contribution in [0.3, 0.4) is 0 Å². The van der Waals surface area contributed by atoms with Gasteiger partial charge in [-0.25, -0.2) is 22.7 Å². The van der Waals surface area contributed by atoms with Gasteiger partial charge < -0.3 is 10.2 Å². The summed E-state index contributed by atoms with van der Waals surface area (Å²) >= 11 is 0. The van der Waals surface area contributed by atoms with E-state index in [-0.39, 0.29) is 6.04 Å². The number of benzene rings is 1. The lowest BCUT2D eigenvalue weighted by molar-refractivity contribution is 0.480. The minimum atomic E-state index is -3.25. The lowest BCUT2D eigenvalue weighted by atomic mass is 10.0. The largest absolute Gasteiger partial charge is 0.383 e. The Hall–Kier alpha value is -3.56. The van der Waals surface area contributed by atoms with Crippen LogP contribution in [0.2, 0.25) is 0 Å². The SMILES string of the molecule is C=C/C(=C\N(C)C)c1cccc(-c2ncc(C(/C=N\C)=C/C(=C)C)c(N[C@H]3CCN(S(C)(=O)=O)C3)n2)c1. The molecule has 196 valence electrons. The number of aromatic nitrogens is 2. The average molecular weight is 521 g/mol. The molecular formula is C28H36N6O2S. The van der Waals surface area contributed by atoms with Crippen molar-refractivity contribution < 1.29 is 8.42 Å². The number of allylic oxidation sites excluding steroid dienone is 5. The van der Waals surface area contributed by atoms with Crippen molar-refractivity contribution in [2.24, 2.45) is 4.99 Å². The highest BCUT2D eigenvalue weighted by Gasteiger charge is 2.29. The van der Waals surface area contributed by atoms with E-state index < -0.39 is 10.0 Å². The fourth-order valence-corrected chi connectivity index (χ4v) is 5.02. The van der Waals surface area contributed by atoms with E-state index in [1.54, 1.807) is 19.5 Å². The summed E-state index contributed by atoms with van der Waals surface area (Å²) in [7, 11) is 2.39. The van der Waals surface area contributed by atoms with Gasteiger partial charge in [0.15, 0.2) is 5.82 Å². The van der Waals surface area contributed by atoms with Crippen molar-refractivity contribution in [3.05, 3.63) is 78.7 Å². The minimum Gasteiger partial charge on any atom is -0.383 e. The topological polar surface area (TPSA) is 90.8 Å². The summed E-state index contributed by atoms with van der Waals surface area (Å²) in [5, 5.41) is 3.48. The number of nitrogens with zero attached hydrogens (tertiary/aromatic N) is 5. The minimum absolute atomic E-state index is 0.0809. The Labute approximate surface area is 220 Å². The van der Waals surface area contributed by atoms with Gasteiger partial charge in [0, 0.05) is 75.6 Å². The lowest BCUT2D eigenvalue weighted by Crippen LogP contribution is -2.31. The molecule has 8 nitrogen and oxygen atoms in total. The molecule has 0 spiro atoms. The number of hydrogen-bond donors (Lipinski definition) is 1. The Balaban J connectivity index is 2.08. The van der Waals surface area contributed by atoms with Gasteiger partial charge in [0.2, 0.25) is 10.0 Å². The van der Waals surface area contributed by atoms with E-state index in [9.17, 15) is 8.42 Å². The first-order chi connectivity index (χ1) is 17.5. The van der Waals surface area contributed by atoms with Crippen LogP contribution in [0.25, 0.3) is 22.5 Å². The zero-order valence-corrected chi connectivity index (χ0v) is 23.1. The van der Waals surface area contributed by atoms with Crippen LogP contribution in [-0.2, 0) is 10.0 Å². The molecule has 0 bridgehead atoms. The van der Waals surface area contributed by atoms with Crippen LogP contribution in [0.15, 0.2) is 72.5 Å². The normalized spacial score (nSPS) is 17.3. The molecule has 1 aliphatic rings. The zero-order chi connectivity index (χ0) is 27.2. The third-order valence-corrected chi connectivity index (χ3v) is 7.07. The summed E-state index contributed by atoms with van der Waals surface area (Å²) in [6.07, 6.45) is 11.2. The molecule has 0 aliphatic carbocycles. The van der Waals surface area contributed by atoms with Gasteiger partial charge in [-0.3, -0.25) is 4.99 Å². The van der Waals surface area contributed by atoms with Crippen LogP contribution < -0.4 is 5.32 Å². The maximum atomic E-state index is 12.1. The molecule has 2 aromatic rings. The summed E-state index contributed by atoms with van der Waals surface area (Å²) in [6.45, 7) is 10.7. The molecule has 1 atom stereocenters. The molecule has 0 saturated carbocycles. The first-order valence-electron chi connectivity index (χ1n) is 12.0. The molecule has 1 saturated heterocycles. The van der Waals surface area contributed by atoms with Gasteiger partial charge in [0.05, 0.1) is 6.26 Å². The van der Waals surface area contributed by atoms with Crippen molar-refractivity contribution in [2.75, 3.05) is 45.8 Å².